The second kappa shape index (κ2) is 2.45. The fourth-order valence-electron chi connectivity index (χ4n) is 1.14. The number of carbonyl (C=O) groups is 2. The van der Waals surface area contributed by atoms with E-state index in [1.165, 1.54) is 13.8 Å². The van der Waals surface area contributed by atoms with Gasteiger partial charge in [0, 0.05) is 6.54 Å². The van der Waals surface area contributed by atoms with E-state index in [0.717, 1.165) is 4.90 Å². The van der Waals surface area contributed by atoms with Gasteiger partial charge in [-0.25, -0.2) is 4.79 Å². The molecule has 68 valence electrons. The smallest absolute Gasteiger partial charge is 0.283 e. The summed E-state index contributed by atoms with van der Waals surface area (Å²) in [6, 6.07) is -0.646. The molecule has 1 aliphatic heterocycles. The molecule has 1 rings (SSSR count). The molecule has 1 fully saturated rings. The molecule has 0 aliphatic carbocycles. The summed E-state index contributed by atoms with van der Waals surface area (Å²) in [6.45, 7) is 4.98. The van der Waals surface area contributed by atoms with Crippen LogP contribution in [0, 0.1) is 0 Å². The monoisotopic (exact) mass is 172 g/mol. The van der Waals surface area contributed by atoms with Crippen molar-refractivity contribution in [2.45, 2.75) is 26.3 Å². The number of urea groups is 1. The van der Waals surface area contributed by atoms with Crippen LogP contribution in [0.5, 0.6) is 0 Å². The van der Waals surface area contributed by atoms with E-state index >= 15 is 0 Å². The number of hydroxylamine groups is 2. The molecular formula is C7H12N2O3. The van der Waals surface area contributed by atoms with Gasteiger partial charge in [0.05, 0.1) is 0 Å². The highest BCUT2D eigenvalue weighted by Crippen LogP contribution is 2.24. The third kappa shape index (κ3) is 0.896. The quantitative estimate of drug-likeness (QED) is 0.461. The van der Waals surface area contributed by atoms with Crippen LogP contribution in [-0.4, -0.2) is 39.2 Å². The van der Waals surface area contributed by atoms with Gasteiger partial charge in [-0.1, -0.05) is 0 Å². The number of nitrogens with zero attached hydrogens (tertiary/aromatic N) is 2. The van der Waals surface area contributed by atoms with E-state index in [4.69, 9.17) is 0 Å². The van der Waals surface area contributed by atoms with Gasteiger partial charge in [-0.3, -0.25) is 14.9 Å². The zero-order chi connectivity index (χ0) is 9.52. The summed E-state index contributed by atoms with van der Waals surface area (Å²) in [6.07, 6.45) is 0. The van der Waals surface area contributed by atoms with E-state index in [0.29, 0.717) is 5.06 Å². The molecule has 1 saturated heterocycles. The lowest BCUT2D eigenvalue weighted by atomic mass is 10.1. The average Bonchev–Trinajstić information content (AvgIpc) is 2.15. The zero-order valence-corrected chi connectivity index (χ0v) is 7.37. The highest BCUT2D eigenvalue weighted by atomic mass is 16.5. The van der Waals surface area contributed by atoms with Crippen molar-refractivity contribution in [2.75, 3.05) is 6.54 Å². The first-order valence-electron chi connectivity index (χ1n) is 3.78. The molecule has 0 spiro atoms. The predicted molar refractivity (Wildman–Crippen MR) is 40.5 cm³/mol. The Morgan fingerprint density at radius 3 is 2.08 bits per heavy atom. The van der Waals surface area contributed by atoms with Gasteiger partial charge in [0.2, 0.25) is 0 Å². The Labute approximate surface area is 70.5 Å². The number of rotatable bonds is 1. The SMILES string of the molecule is CCN1C(=O)N(O)C(C)(C)C1=O. The molecule has 0 bridgehead atoms. The van der Waals surface area contributed by atoms with Crippen molar-refractivity contribution in [3.05, 3.63) is 0 Å². The van der Waals surface area contributed by atoms with E-state index in [1.54, 1.807) is 6.92 Å². The standard InChI is InChI=1S/C7H12N2O3/c1-4-8-5(10)7(2,3)9(12)6(8)11/h12H,4H2,1-3H3. The Kier molecular flexibility index (Phi) is 1.83. The molecule has 0 saturated carbocycles. The van der Waals surface area contributed by atoms with Crippen LogP contribution in [0.25, 0.3) is 0 Å². The Morgan fingerprint density at radius 2 is 1.92 bits per heavy atom. The van der Waals surface area contributed by atoms with Gasteiger partial charge in [-0.2, -0.15) is 5.06 Å². The third-order valence-electron chi connectivity index (χ3n) is 2.03. The minimum atomic E-state index is -1.12. The molecule has 12 heavy (non-hydrogen) atoms. The highest BCUT2D eigenvalue weighted by molar-refractivity contribution is 6.05. The van der Waals surface area contributed by atoms with E-state index in [1.807, 2.05) is 0 Å². The Morgan fingerprint density at radius 1 is 1.42 bits per heavy atom. The summed E-state index contributed by atoms with van der Waals surface area (Å²) in [5.41, 5.74) is -1.12. The molecule has 0 unspecified atom stereocenters. The van der Waals surface area contributed by atoms with Crippen molar-refractivity contribution in [1.82, 2.24) is 9.96 Å². The second-order valence-corrected chi connectivity index (χ2v) is 3.20. The van der Waals surface area contributed by atoms with Crippen LogP contribution in [-0.2, 0) is 4.79 Å². The molecular weight excluding hydrogens is 160 g/mol. The van der Waals surface area contributed by atoms with E-state index in [2.05, 4.69) is 0 Å². The number of imide groups is 1. The lowest BCUT2D eigenvalue weighted by molar-refractivity contribution is -0.143. The first-order valence-corrected chi connectivity index (χ1v) is 3.78. The van der Waals surface area contributed by atoms with E-state index in [9.17, 15) is 14.8 Å². The summed E-state index contributed by atoms with van der Waals surface area (Å²) < 4.78 is 0. The van der Waals surface area contributed by atoms with Crippen LogP contribution in [0.1, 0.15) is 20.8 Å². The number of likely N-dealkylation sites (N-methyl/N-ethyl adjacent to an activating group) is 1. The summed E-state index contributed by atoms with van der Waals surface area (Å²) >= 11 is 0. The zero-order valence-electron chi connectivity index (χ0n) is 7.37. The molecule has 1 heterocycles. The number of amides is 3. The summed E-state index contributed by atoms with van der Waals surface area (Å²) in [5.74, 6) is -0.363. The molecule has 0 aromatic carbocycles. The maximum absolute atomic E-state index is 11.4. The van der Waals surface area contributed by atoms with Crippen molar-refractivity contribution in [3.8, 4) is 0 Å². The third-order valence-corrected chi connectivity index (χ3v) is 2.03. The largest absolute Gasteiger partial charge is 0.351 e. The van der Waals surface area contributed by atoms with Crippen LogP contribution >= 0.6 is 0 Å². The first-order chi connectivity index (χ1) is 5.42. The highest BCUT2D eigenvalue weighted by Gasteiger charge is 2.50. The number of hydrogen-bond acceptors (Lipinski definition) is 3. The molecule has 5 heteroatoms. The van der Waals surface area contributed by atoms with Gasteiger partial charge in [-0.05, 0) is 20.8 Å². The lowest BCUT2D eigenvalue weighted by Gasteiger charge is -2.19. The molecule has 5 nitrogen and oxygen atoms in total. The minimum Gasteiger partial charge on any atom is -0.283 e. The van der Waals surface area contributed by atoms with Crippen molar-refractivity contribution in [1.29, 1.82) is 0 Å². The van der Waals surface area contributed by atoms with E-state index < -0.39 is 11.6 Å². The van der Waals surface area contributed by atoms with Gasteiger partial charge in [0.15, 0.2) is 0 Å². The van der Waals surface area contributed by atoms with Crippen molar-refractivity contribution < 1.29 is 14.8 Å². The Balaban J connectivity index is 3.02. The molecule has 1 aliphatic rings. The molecule has 0 aromatic heterocycles. The van der Waals surface area contributed by atoms with Gasteiger partial charge in [0.25, 0.3) is 5.91 Å². The summed E-state index contributed by atoms with van der Waals surface area (Å²) in [7, 11) is 0. The maximum Gasteiger partial charge on any atom is 0.351 e. The maximum atomic E-state index is 11.4. The van der Waals surface area contributed by atoms with Crippen LogP contribution in [0.3, 0.4) is 0 Å². The minimum absolute atomic E-state index is 0.290. The van der Waals surface area contributed by atoms with Gasteiger partial charge < -0.3 is 0 Å². The Hall–Kier alpha value is -1.10. The van der Waals surface area contributed by atoms with Crippen LogP contribution in [0.4, 0.5) is 4.79 Å². The molecule has 3 amide bonds. The van der Waals surface area contributed by atoms with Crippen molar-refractivity contribution in [2.24, 2.45) is 0 Å². The second-order valence-electron chi connectivity index (χ2n) is 3.20. The average molecular weight is 172 g/mol. The van der Waals surface area contributed by atoms with Crippen LogP contribution < -0.4 is 0 Å². The van der Waals surface area contributed by atoms with Gasteiger partial charge in [0.1, 0.15) is 5.54 Å². The molecule has 0 atom stereocenters. The fourth-order valence-corrected chi connectivity index (χ4v) is 1.14. The predicted octanol–water partition coefficient (Wildman–Crippen LogP) is 0.438. The molecule has 0 aromatic rings. The van der Waals surface area contributed by atoms with Crippen molar-refractivity contribution >= 4 is 11.9 Å². The van der Waals surface area contributed by atoms with Gasteiger partial charge in [-0.15, -0.1) is 0 Å². The summed E-state index contributed by atoms with van der Waals surface area (Å²) in [5, 5.41) is 9.69. The first kappa shape index (κ1) is 8.99. The number of hydrogen-bond donors (Lipinski definition) is 1. The normalized spacial score (nSPS) is 22.3. The van der Waals surface area contributed by atoms with Crippen LogP contribution in [0.2, 0.25) is 0 Å². The topological polar surface area (TPSA) is 60.9 Å². The number of carbonyl (C=O) groups excluding carboxylic acids is 2. The Bertz CT molecular complexity index is 237. The van der Waals surface area contributed by atoms with Crippen molar-refractivity contribution in [3.63, 3.8) is 0 Å². The van der Waals surface area contributed by atoms with Gasteiger partial charge >= 0.3 is 6.03 Å². The summed E-state index contributed by atoms with van der Waals surface area (Å²) in [4.78, 5) is 23.5. The van der Waals surface area contributed by atoms with Crippen LogP contribution in [0.15, 0.2) is 0 Å². The van der Waals surface area contributed by atoms with E-state index in [-0.39, 0.29) is 12.5 Å². The molecule has 1 N–H and O–H groups in total. The molecule has 0 radical (unpaired) electrons. The lowest BCUT2D eigenvalue weighted by Crippen LogP contribution is -2.42. The fraction of sp³-hybridized carbons (Fsp3) is 0.714.